The van der Waals surface area contributed by atoms with Crippen LogP contribution in [0.3, 0.4) is 0 Å². The number of phenolic OH excluding ortho intramolecular Hbond substituents is 5. The van der Waals surface area contributed by atoms with Crippen molar-refractivity contribution in [2.75, 3.05) is 6.54 Å². The summed E-state index contributed by atoms with van der Waals surface area (Å²) < 4.78 is 9.81. The number of imidazole rings is 1. The lowest BCUT2D eigenvalue weighted by Crippen LogP contribution is -2.22. The summed E-state index contributed by atoms with van der Waals surface area (Å²) in [5.74, 6) is 2.72. The summed E-state index contributed by atoms with van der Waals surface area (Å²) in [5, 5.41) is 46.8. The van der Waals surface area contributed by atoms with Crippen molar-refractivity contribution in [3.8, 4) is 40.2 Å². The molecule has 0 aliphatic heterocycles. The van der Waals surface area contributed by atoms with Gasteiger partial charge in [0, 0.05) is 35.5 Å². The van der Waals surface area contributed by atoms with Crippen LogP contribution in [0.5, 0.6) is 40.2 Å². The molecule has 0 spiro atoms. The van der Waals surface area contributed by atoms with Gasteiger partial charge in [-0.3, -0.25) is 4.99 Å². The number of aromatic amines is 2. The van der Waals surface area contributed by atoms with Gasteiger partial charge in [-0.05, 0) is 230 Å². The molecule has 0 radical (unpaired) electrons. The first-order valence-corrected chi connectivity index (χ1v) is 30.7. The molecule has 0 atom stereocenters. The highest BCUT2D eigenvalue weighted by Crippen LogP contribution is 2.37. The number of phenols is 5. The number of unbranched alkanes of at least 4 members (excludes halogenated alkanes) is 1. The Morgan fingerprint density at radius 3 is 1.57 bits per heavy atom. The molecule has 0 bridgehead atoms. The highest BCUT2D eigenvalue weighted by atomic mass is 127. The van der Waals surface area contributed by atoms with Gasteiger partial charge in [-0.25, -0.2) is 4.98 Å². The molecule has 79 heavy (non-hydrogen) atoms. The fourth-order valence-electron chi connectivity index (χ4n) is 6.20. The van der Waals surface area contributed by atoms with Crippen molar-refractivity contribution in [2.24, 2.45) is 16.5 Å². The summed E-state index contributed by atoms with van der Waals surface area (Å²) >= 11 is 8.82. The number of aliphatic imine (C=N–C) groups is 1. The maximum Gasteiger partial charge on any atom is 0.185 e. The number of aromatic nitrogens is 3. The zero-order chi connectivity index (χ0) is 59.0. The molecule has 16 heteroatoms. The first kappa shape index (κ1) is 76.1. The van der Waals surface area contributed by atoms with Crippen LogP contribution in [-0.4, -0.2) is 53.0 Å². The van der Waals surface area contributed by atoms with Crippen LogP contribution in [0.1, 0.15) is 130 Å². The van der Waals surface area contributed by atoms with Crippen LogP contribution in [-0.2, 0) is 38.5 Å². The second-order valence-electron chi connectivity index (χ2n) is 16.1. The molecule has 0 fully saturated rings. The molecule has 11 N–H and O–H groups in total. The Bertz CT molecular complexity index is 2810. The smallest absolute Gasteiger partial charge is 0.185 e. The van der Waals surface area contributed by atoms with Crippen LogP contribution in [0.2, 0.25) is 0 Å². The average molecular weight is 1530 g/mol. The molecule has 0 amide bonds. The van der Waals surface area contributed by atoms with E-state index in [1.165, 1.54) is 44.9 Å². The quantitative estimate of drug-likeness (QED) is 0.0197. The largest absolute Gasteiger partial charge is 0.508 e. The number of hydrogen-bond acceptors (Lipinski definition) is 8. The highest BCUT2D eigenvalue weighted by Gasteiger charge is 2.13. The second-order valence-corrected chi connectivity index (χ2v) is 20.8. The number of fused-ring (bicyclic) bond motifs is 1. The van der Waals surface area contributed by atoms with Crippen LogP contribution < -0.4 is 16.2 Å². The van der Waals surface area contributed by atoms with E-state index in [0.29, 0.717) is 17.2 Å². The Labute approximate surface area is 527 Å². The molecule has 8 rings (SSSR count). The van der Waals surface area contributed by atoms with Gasteiger partial charge < -0.3 is 51.7 Å². The standard InChI is InChI=1S/C14H10I4O2.C10H11N.C8H10O2.2C8H10O.C5H13N3.C5H8N2.2C2H6.CH4/c1-2-7-3-11(17)14(12(18)4-7)20-8-5-9(15)13(19)10(16)6-8;1-2-8-7-11-10-6-4-3-5-9(8)10;1-2-6-3-4-7(9)8(10)5-6;1-2-7-3-5-8(9)6-4-7;1-2-7-4-3-5-8(9)6-7;1-2-3-4-8-5(6)7;1-2-5-3-6-4-7-5;2*1-2;/h3-6,19H,2H2,1H3;3-7,11H,2H2,1H3;3-5,9-10H,2H2,1H3;2*3-6,9H,2H2,1H3;2-4H2,1H3,(H4,6,7,8);3-4H,2H2,1H3,(H,6,7);2*1-2H3;1H4. The van der Waals surface area contributed by atoms with Crippen LogP contribution in [0, 0.1) is 14.3 Å². The zero-order valence-electron chi connectivity index (χ0n) is 47.3. The van der Waals surface area contributed by atoms with Crippen molar-refractivity contribution in [2.45, 2.75) is 135 Å². The van der Waals surface area contributed by atoms with Crippen molar-refractivity contribution in [3.63, 3.8) is 0 Å². The number of benzene rings is 6. The van der Waals surface area contributed by atoms with Crippen LogP contribution in [0.25, 0.3) is 10.9 Å². The molecule has 0 saturated carbocycles. The summed E-state index contributed by atoms with van der Waals surface area (Å²) in [5.41, 5.74) is 18.7. The van der Waals surface area contributed by atoms with Crippen molar-refractivity contribution in [1.82, 2.24) is 15.0 Å². The minimum atomic E-state index is -0.0581. The third kappa shape index (κ3) is 31.6. The number of para-hydroxylation sites is 1. The first-order valence-electron chi connectivity index (χ1n) is 26.4. The van der Waals surface area contributed by atoms with Gasteiger partial charge in [0.1, 0.15) is 23.0 Å². The van der Waals surface area contributed by atoms with Crippen molar-refractivity contribution < 1.29 is 30.3 Å². The van der Waals surface area contributed by atoms with Gasteiger partial charge in [0.15, 0.2) is 23.2 Å². The third-order valence-electron chi connectivity index (χ3n) is 10.6. The number of H-pyrrole nitrogens is 2. The first-order chi connectivity index (χ1) is 37.4. The number of ether oxygens (including phenoxy) is 1. The summed E-state index contributed by atoms with van der Waals surface area (Å²) in [6, 6.07) is 35.8. The van der Waals surface area contributed by atoms with Gasteiger partial charge in [0.25, 0.3) is 0 Å². The average Bonchev–Trinajstić information content (AvgIpc) is 4.15. The Hall–Kier alpha value is -4.94. The Morgan fingerprint density at radius 2 is 1.11 bits per heavy atom. The van der Waals surface area contributed by atoms with Gasteiger partial charge in [0.2, 0.25) is 0 Å². The number of aromatic hydroxyl groups is 5. The predicted molar refractivity (Wildman–Crippen MR) is 370 cm³/mol. The van der Waals surface area contributed by atoms with Crippen molar-refractivity contribution in [3.05, 3.63) is 182 Å². The number of halogens is 4. The monoisotopic (exact) mass is 1530 g/mol. The number of guanidine groups is 1. The lowest BCUT2D eigenvalue weighted by Gasteiger charge is -2.13. The van der Waals surface area contributed by atoms with Gasteiger partial charge in [-0.2, -0.15) is 0 Å². The lowest BCUT2D eigenvalue weighted by atomic mass is 10.1. The predicted octanol–water partition coefficient (Wildman–Crippen LogP) is 18.2. The molecule has 0 saturated heterocycles. The second kappa shape index (κ2) is 45.8. The lowest BCUT2D eigenvalue weighted by molar-refractivity contribution is 0.403. The molecule has 12 nitrogen and oxygen atoms in total. The fourth-order valence-corrected chi connectivity index (χ4v) is 10.0. The summed E-state index contributed by atoms with van der Waals surface area (Å²) in [7, 11) is 0. The Morgan fingerprint density at radius 1 is 0.557 bits per heavy atom. The van der Waals surface area contributed by atoms with Crippen LogP contribution in [0.4, 0.5) is 0 Å². The minimum absolute atomic E-state index is 0. The molecule has 0 unspecified atom stereocenters. The molecule has 8 aromatic rings. The van der Waals surface area contributed by atoms with E-state index in [-0.39, 0.29) is 24.9 Å². The van der Waals surface area contributed by atoms with E-state index in [1.54, 1.807) is 42.7 Å². The number of aryl methyl sites for hydroxylation is 6. The van der Waals surface area contributed by atoms with E-state index in [4.69, 9.17) is 36.6 Å². The molecule has 6 aromatic carbocycles. The van der Waals surface area contributed by atoms with E-state index in [2.05, 4.69) is 194 Å². The van der Waals surface area contributed by atoms with E-state index < -0.39 is 0 Å². The van der Waals surface area contributed by atoms with Gasteiger partial charge in [0.05, 0.1) is 20.6 Å². The normalized spacial score (nSPS) is 9.41. The maximum absolute atomic E-state index is 9.80. The van der Waals surface area contributed by atoms with Gasteiger partial charge in [-0.1, -0.05) is 139 Å². The van der Waals surface area contributed by atoms with Crippen molar-refractivity contribution in [1.29, 1.82) is 0 Å². The molecular weight excluding hydrogens is 1440 g/mol. The van der Waals surface area contributed by atoms with E-state index >= 15 is 0 Å². The summed E-state index contributed by atoms with van der Waals surface area (Å²) in [4.78, 5) is 13.8. The number of nitrogens with zero attached hydrogens (tertiary/aromatic N) is 2. The molecule has 434 valence electrons. The zero-order valence-corrected chi connectivity index (χ0v) is 55.9. The van der Waals surface area contributed by atoms with E-state index in [9.17, 15) is 5.11 Å². The Balaban J connectivity index is 0. The molecular formula is C63H88I4N6O6. The molecule has 2 heterocycles. The maximum atomic E-state index is 9.80. The van der Waals surface area contributed by atoms with E-state index in [1.807, 2.05) is 77.2 Å². The van der Waals surface area contributed by atoms with Crippen molar-refractivity contribution >= 4 is 107 Å². The summed E-state index contributed by atoms with van der Waals surface area (Å²) in [6.07, 6.45) is 13.9. The Kier molecular flexibility index (Phi) is 44.1. The molecule has 0 aliphatic rings. The number of rotatable bonds is 11. The number of nitrogens with one attached hydrogen (secondary N) is 2. The molecule has 2 aromatic heterocycles. The van der Waals surface area contributed by atoms with Crippen LogP contribution in [0.15, 0.2) is 139 Å². The minimum Gasteiger partial charge on any atom is -0.508 e. The number of nitrogens with two attached hydrogens (primary N) is 2. The van der Waals surface area contributed by atoms with E-state index in [0.717, 1.165) is 89.3 Å². The van der Waals surface area contributed by atoms with Crippen LogP contribution >= 0.6 is 90.4 Å². The fraction of sp³-hybridized carbons (Fsp3) is 0.333. The summed E-state index contributed by atoms with van der Waals surface area (Å²) in [6.45, 7) is 23.4. The van der Waals surface area contributed by atoms with Gasteiger partial charge >= 0.3 is 0 Å². The number of hydrogen-bond donors (Lipinski definition) is 9. The molecule has 0 aliphatic carbocycles. The topological polar surface area (TPSA) is 219 Å². The van der Waals surface area contributed by atoms with Gasteiger partial charge in [-0.15, -0.1) is 0 Å². The highest BCUT2D eigenvalue weighted by molar-refractivity contribution is 14.1. The third-order valence-corrected chi connectivity index (χ3v) is 13.8. The SMILES string of the molecule is C.CC.CC.CCCCN=C(N)N.CCc1c[nH]c2ccccc12.CCc1cc(I)c(Oc2cc(I)c(O)c(I)c2)c(I)c1.CCc1ccc(O)c(O)c1.CCc1ccc(O)cc1.CCc1cccc(O)c1.CCc1cnc[nH]1.